The predicted octanol–water partition coefficient (Wildman–Crippen LogP) is 2.76. The fourth-order valence-electron chi connectivity index (χ4n) is 3.13. The van der Waals surface area contributed by atoms with Crippen molar-refractivity contribution in [2.24, 2.45) is 0 Å². The smallest absolute Gasteiger partial charge is 0.433 e. The SMILES string of the molecule is O=C(c1cnn(-c2ccccc2)n1)N1CCCC(Oc2nccc(C(F)(F)F)n2)C1. The van der Waals surface area contributed by atoms with Gasteiger partial charge in [-0.05, 0) is 31.0 Å². The molecule has 8 nitrogen and oxygen atoms in total. The number of piperidine rings is 1. The molecule has 0 spiro atoms. The lowest BCUT2D eigenvalue weighted by atomic mass is 10.1. The van der Waals surface area contributed by atoms with Crippen LogP contribution in [0.3, 0.4) is 0 Å². The molecule has 0 N–H and O–H groups in total. The van der Waals surface area contributed by atoms with E-state index in [0.717, 1.165) is 18.0 Å². The minimum absolute atomic E-state index is 0.176. The molecule has 30 heavy (non-hydrogen) atoms. The molecule has 1 amide bonds. The summed E-state index contributed by atoms with van der Waals surface area (Å²) in [7, 11) is 0. The summed E-state index contributed by atoms with van der Waals surface area (Å²) in [5.74, 6) is -0.324. The lowest BCUT2D eigenvalue weighted by molar-refractivity contribution is -0.141. The molecule has 3 aromatic rings. The first-order chi connectivity index (χ1) is 14.4. The summed E-state index contributed by atoms with van der Waals surface area (Å²) in [6, 6.07) is 9.58. The number of aromatic nitrogens is 5. The number of alkyl halides is 3. The third-order valence-corrected chi connectivity index (χ3v) is 4.56. The first kappa shape index (κ1) is 19.8. The van der Waals surface area contributed by atoms with E-state index in [9.17, 15) is 18.0 Å². The van der Waals surface area contributed by atoms with E-state index in [4.69, 9.17) is 4.74 Å². The number of amides is 1. The molecule has 2 aromatic heterocycles. The third kappa shape index (κ3) is 4.39. The van der Waals surface area contributed by atoms with Crippen molar-refractivity contribution < 1.29 is 22.7 Å². The van der Waals surface area contributed by atoms with E-state index in [-0.39, 0.29) is 24.2 Å². The molecule has 1 aliphatic rings. The zero-order valence-corrected chi connectivity index (χ0v) is 15.7. The Labute approximate surface area is 169 Å². The fraction of sp³-hybridized carbons (Fsp3) is 0.316. The van der Waals surface area contributed by atoms with E-state index in [2.05, 4.69) is 20.2 Å². The largest absolute Gasteiger partial charge is 0.458 e. The number of hydrogen-bond donors (Lipinski definition) is 0. The Kier molecular flexibility index (Phi) is 5.34. The van der Waals surface area contributed by atoms with Gasteiger partial charge in [0.1, 0.15) is 6.10 Å². The van der Waals surface area contributed by atoms with Crippen LogP contribution >= 0.6 is 0 Å². The molecule has 3 heterocycles. The van der Waals surface area contributed by atoms with Gasteiger partial charge in [0.05, 0.1) is 18.4 Å². The van der Waals surface area contributed by atoms with Crippen LogP contribution in [0.5, 0.6) is 6.01 Å². The van der Waals surface area contributed by atoms with Gasteiger partial charge in [0.15, 0.2) is 11.4 Å². The quantitative estimate of drug-likeness (QED) is 0.648. The fourth-order valence-corrected chi connectivity index (χ4v) is 3.13. The number of carbonyl (C=O) groups is 1. The van der Waals surface area contributed by atoms with E-state index in [0.29, 0.717) is 19.4 Å². The number of halogens is 3. The molecule has 11 heteroatoms. The van der Waals surface area contributed by atoms with Crippen LogP contribution in [0.15, 0.2) is 48.8 Å². The van der Waals surface area contributed by atoms with Gasteiger partial charge in [-0.15, -0.1) is 5.10 Å². The number of nitrogens with zero attached hydrogens (tertiary/aromatic N) is 6. The van der Waals surface area contributed by atoms with E-state index in [1.54, 1.807) is 4.90 Å². The standard InChI is InChI=1S/C19H17F3N6O2/c20-19(21,22)16-8-9-23-18(25-16)30-14-7-4-10-27(12-14)17(29)15-11-24-28(26-15)13-5-2-1-3-6-13/h1-3,5-6,8-9,11,14H,4,7,10,12H2. The van der Waals surface area contributed by atoms with Crippen molar-refractivity contribution in [3.8, 4) is 11.7 Å². The van der Waals surface area contributed by atoms with Crippen LogP contribution in [0.2, 0.25) is 0 Å². The highest BCUT2D eigenvalue weighted by atomic mass is 19.4. The Morgan fingerprint density at radius 3 is 2.73 bits per heavy atom. The number of benzene rings is 1. The van der Waals surface area contributed by atoms with Crippen molar-refractivity contribution in [2.75, 3.05) is 13.1 Å². The molecule has 156 valence electrons. The maximum absolute atomic E-state index is 12.8. The molecule has 0 aliphatic carbocycles. The average molecular weight is 418 g/mol. The Bertz CT molecular complexity index is 1020. The number of hydrogen-bond acceptors (Lipinski definition) is 6. The van der Waals surface area contributed by atoms with Crippen molar-refractivity contribution in [3.63, 3.8) is 0 Å². The summed E-state index contributed by atoms with van der Waals surface area (Å²) < 4.78 is 44.0. The van der Waals surface area contributed by atoms with Crippen molar-refractivity contribution >= 4 is 5.91 Å². The van der Waals surface area contributed by atoms with Gasteiger partial charge in [-0.1, -0.05) is 18.2 Å². The minimum Gasteiger partial charge on any atom is -0.458 e. The van der Waals surface area contributed by atoms with Gasteiger partial charge in [0, 0.05) is 12.7 Å². The normalized spacial score (nSPS) is 17.0. The Morgan fingerprint density at radius 2 is 1.97 bits per heavy atom. The van der Waals surface area contributed by atoms with Gasteiger partial charge in [0.2, 0.25) is 0 Å². The number of rotatable bonds is 4. The Balaban J connectivity index is 1.43. The summed E-state index contributed by atoms with van der Waals surface area (Å²) in [6.45, 7) is 0.678. The molecule has 1 aromatic carbocycles. The topological polar surface area (TPSA) is 86.0 Å². The predicted molar refractivity (Wildman–Crippen MR) is 97.9 cm³/mol. The van der Waals surface area contributed by atoms with Gasteiger partial charge in [0.25, 0.3) is 5.91 Å². The van der Waals surface area contributed by atoms with Crippen molar-refractivity contribution in [2.45, 2.75) is 25.1 Å². The minimum atomic E-state index is -4.58. The van der Waals surface area contributed by atoms with Gasteiger partial charge >= 0.3 is 12.2 Å². The molecule has 1 atom stereocenters. The van der Waals surface area contributed by atoms with Crippen LogP contribution in [0.1, 0.15) is 29.0 Å². The molecular formula is C19H17F3N6O2. The molecule has 0 saturated carbocycles. The van der Waals surface area contributed by atoms with Crippen LogP contribution < -0.4 is 4.74 Å². The second-order valence-corrected chi connectivity index (χ2v) is 6.71. The molecule has 1 aliphatic heterocycles. The zero-order valence-electron chi connectivity index (χ0n) is 15.7. The highest BCUT2D eigenvalue weighted by Crippen LogP contribution is 2.28. The Hall–Kier alpha value is -3.50. The number of para-hydroxylation sites is 1. The van der Waals surface area contributed by atoms with Gasteiger partial charge in [-0.2, -0.15) is 28.1 Å². The summed E-state index contributed by atoms with van der Waals surface area (Å²) in [4.78, 5) is 22.9. The van der Waals surface area contributed by atoms with Gasteiger partial charge in [-0.25, -0.2) is 4.98 Å². The molecule has 4 rings (SSSR count). The molecule has 0 bridgehead atoms. The van der Waals surface area contributed by atoms with E-state index in [1.807, 2.05) is 30.3 Å². The van der Waals surface area contributed by atoms with E-state index >= 15 is 0 Å². The maximum Gasteiger partial charge on any atom is 0.433 e. The number of ether oxygens (including phenoxy) is 1. The summed E-state index contributed by atoms with van der Waals surface area (Å²) in [5, 5.41) is 8.35. The molecule has 0 radical (unpaired) electrons. The lowest BCUT2D eigenvalue weighted by Gasteiger charge is -2.31. The van der Waals surface area contributed by atoms with Gasteiger partial charge in [-0.3, -0.25) is 4.79 Å². The monoisotopic (exact) mass is 418 g/mol. The van der Waals surface area contributed by atoms with Gasteiger partial charge < -0.3 is 9.64 Å². The molecular weight excluding hydrogens is 401 g/mol. The molecule has 1 fully saturated rings. The first-order valence-corrected chi connectivity index (χ1v) is 9.24. The zero-order chi connectivity index (χ0) is 21.1. The molecule has 1 saturated heterocycles. The van der Waals surface area contributed by atoms with Crippen molar-refractivity contribution in [1.29, 1.82) is 0 Å². The second kappa shape index (κ2) is 8.09. The lowest BCUT2D eigenvalue weighted by Crippen LogP contribution is -2.44. The Morgan fingerprint density at radius 1 is 1.17 bits per heavy atom. The average Bonchev–Trinajstić information content (AvgIpc) is 3.24. The second-order valence-electron chi connectivity index (χ2n) is 6.71. The summed E-state index contributed by atoms with van der Waals surface area (Å²) in [5.41, 5.74) is -0.179. The number of carbonyl (C=O) groups excluding carboxylic acids is 1. The highest BCUT2D eigenvalue weighted by molar-refractivity contribution is 5.92. The number of likely N-dealkylation sites (tertiary alicyclic amines) is 1. The summed E-state index contributed by atoms with van der Waals surface area (Å²) >= 11 is 0. The van der Waals surface area contributed by atoms with Crippen LogP contribution in [0.4, 0.5) is 13.2 Å². The molecule has 1 unspecified atom stereocenters. The third-order valence-electron chi connectivity index (χ3n) is 4.56. The van der Waals surface area contributed by atoms with Crippen LogP contribution in [0.25, 0.3) is 5.69 Å². The van der Waals surface area contributed by atoms with Crippen molar-refractivity contribution in [1.82, 2.24) is 29.9 Å². The van der Waals surface area contributed by atoms with Crippen molar-refractivity contribution in [3.05, 3.63) is 60.2 Å². The van der Waals surface area contributed by atoms with Crippen LogP contribution in [-0.2, 0) is 6.18 Å². The van der Waals surface area contributed by atoms with Crippen LogP contribution in [-0.4, -0.2) is 55.0 Å². The van der Waals surface area contributed by atoms with E-state index in [1.165, 1.54) is 11.0 Å². The first-order valence-electron chi connectivity index (χ1n) is 9.24. The van der Waals surface area contributed by atoms with E-state index < -0.39 is 18.0 Å². The summed E-state index contributed by atoms with van der Waals surface area (Å²) in [6.07, 6.45) is -1.52. The van der Waals surface area contributed by atoms with Crippen LogP contribution in [0, 0.1) is 0 Å². The highest BCUT2D eigenvalue weighted by Gasteiger charge is 2.34. The maximum atomic E-state index is 12.8.